The van der Waals surface area contributed by atoms with Gasteiger partial charge in [-0.3, -0.25) is 0 Å². The van der Waals surface area contributed by atoms with Crippen LogP contribution >= 0.6 is 0 Å². The first-order valence-electron chi connectivity index (χ1n) is 8.31. The number of rotatable bonds is 4. The summed E-state index contributed by atoms with van der Waals surface area (Å²) in [5.41, 5.74) is 6.10. The Balaban J connectivity index is 1.95. The Morgan fingerprint density at radius 2 is 1.70 bits per heavy atom. The van der Waals surface area contributed by atoms with Crippen LogP contribution in [-0.2, 0) is 0 Å². The highest BCUT2D eigenvalue weighted by Gasteiger charge is 2.23. The summed E-state index contributed by atoms with van der Waals surface area (Å²) in [6.07, 6.45) is 12.8. The van der Waals surface area contributed by atoms with Crippen molar-refractivity contribution in [1.82, 2.24) is 0 Å². The molecule has 1 fully saturated rings. The molecule has 20 heavy (non-hydrogen) atoms. The van der Waals surface area contributed by atoms with Crippen LogP contribution in [-0.4, -0.2) is 0 Å². The van der Waals surface area contributed by atoms with Crippen LogP contribution in [0.3, 0.4) is 0 Å². The zero-order valence-electron chi connectivity index (χ0n) is 13.7. The molecule has 1 aliphatic carbocycles. The van der Waals surface area contributed by atoms with Crippen molar-refractivity contribution in [3.05, 3.63) is 46.5 Å². The maximum atomic E-state index is 2.39. The Kier molecular flexibility index (Phi) is 5.46. The van der Waals surface area contributed by atoms with Gasteiger partial charge in [0.1, 0.15) is 0 Å². The second-order valence-corrected chi connectivity index (χ2v) is 6.59. The summed E-state index contributed by atoms with van der Waals surface area (Å²) in [5, 5.41) is 0. The predicted molar refractivity (Wildman–Crippen MR) is 89.4 cm³/mol. The summed E-state index contributed by atoms with van der Waals surface area (Å²) in [4.78, 5) is 0. The minimum atomic E-state index is 0.812. The zero-order chi connectivity index (χ0) is 14.5. The monoisotopic (exact) mass is 270 g/mol. The van der Waals surface area contributed by atoms with Crippen molar-refractivity contribution in [2.24, 2.45) is 5.92 Å². The van der Waals surface area contributed by atoms with Gasteiger partial charge < -0.3 is 0 Å². The van der Waals surface area contributed by atoms with E-state index in [1.807, 2.05) is 0 Å². The lowest BCUT2D eigenvalue weighted by atomic mass is 9.75. The molecule has 1 aliphatic rings. The second-order valence-electron chi connectivity index (χ2n) is 6.59. The van der Waals surface area contributed by atoms with E-state index in [2.05, 4.69) is 52.0 Å². The van der Waals surface area contributed by atoms with E-state index < -0.39 is 0 Å². The van der Waals surface area contributed by atoms with Crippen LogP contribution in [0.1, 0.15) is 73.6 Å². The molecular formula is C20H30. The van der Waals surface area contributed by atoms with Crippen LogP contribution in [0.2, 0.25) is 0 Å². The van der Waals surface area contributed by atoms with Crippen molar-refractivity contribution >= 4 is 0 Å². The van der Waals surface area contributed by atoms with Gasteiger partial charge in [-0.1, -0.05) is 24.3 Å². The van der Waals surface area contributed by atoms with Gasteiger partial charge in [-0.05, 0) is 100 Å². The van der Waals surface area contributed by atoms with E-state index in [0.717, 1.165) is 11.8 Å². The van der Waals surface area contributed by atoms with E-state index in [-0.39, 0.29) is 0 Å². The fraction of sp³-hybridized carbons (Fsp3) is 0.600. The number of hydrogen-bond donors (Lipinski definition) is 0. The predicted octanol–water partition coefficient (Wildman–Crippen LogP) is 6.24. The molecule has 1 aromatic carbocycles. The summed E-state index contributed by atoms with van der Waals surface area (Å²) >= 11 is 0. The normalized spacial score (nSPS) is 23.4. The van der Waals surface area contributed by atoms with Crippen LogP contribution < -0.4 is 0 Å². The van der Waals surface area contributed by atoms with E-state index in [9.17, 15) is 0 Å². The highest BCUT2D eigenvalue weighted by molar-refractivity contribution is 5.40. The summed E-state index contributed by atoms with van der Waals surface area (Å²) in [5.74, 6) is 1.78. The van der Waals surface area contributed by atoms with Crippen molar-refractivity contribution in [2.75, 3.05) is 0 Å². The molecule has 0 aliphatic heterocycles. The molecule has 0 spiro atoms. The number of allylic oxidation sites excluding steroid dienone is 2. The summed E-state index contributed by atoms with van der Waals surface area (Å²) in [6, 6.07) is 4.71. The average molecular weight is 270 g/mol. The molecule has 0 unspecified atom stereocenters. The van der Waals surface area contributed by atoms with Gasteiger partial charge in [-0.2, -0.15) is 0 Å². The Morgan fingerprint density at radius 1 is 1.00 bits per heavy atom. The Bertz CT molecular complexity index is 459. The maximum absolute atomic E-state index is 2.39. The maximum Gasteiger partial charge on any atom is -0.0159 e. The standard InChI is InChI=1S/C20H30/c1-5-6-7-8-18-10-12-19(13-11-18)20-14-9-15(2)16(3)17(20)4/h5-6,9,14,18-19H,7-8,10-13H2,1-4H3/b6-5+. The highest BCUT2D eigenvalue weighted by Crippen LogP contribution is 2.39. The first kappa shape index (κ1) is 15.4. The van der Waals surface area contributed by atoms with Gasteiger partial charge in [-0.15, -0.1) is 0 Å². The third-order valence-corrected chi connectivity index (χ3v) is 5.36. The average Bonchev–Trinajstić information content (AvgIpc) is 2.46. The van der Waals surface area contributed by atoms with Crippen molar-refractivity contribution in [2.45, 2.75) is 72.1 Å². The van der Waals surface area contributed by atoms with Gasteiger partial charge in [0.05, 0.1) is 0 Å². The summed E-state index contributed by atoms with van der Waals surface area (Å²) < 4.78 is 0. The molecule has 110 valence electrons. The molecule has 0 aromatic heterocycles. The van der Waals surface area contributed by atoms with E-state index in [0.29, 0.717) is 0 Å². The number of benzene rings is 1. The molecular weight excluding hydrogens is 240 g/mol. The molecule has 0 bridgehead atoms. The minimum Gasteiger partial charge on any atom is -0.0917 e. The largest absolute Gasteiger partial charge is 0.0917 e. The van der Waals surface area contributed by atoms with E-state index in [4.69, 9.17) is 0 Å². The fourth-order valence-corrected chi connectivity index (χ4v) is 3.68. The number of hydrogen-bond acceptors (Lipinski definition) is 0. The van der Waals surface area contributed by atoms with Gasteiger partial charge in [0, 0.05) is 0 Å². The fourth-order valence-electron chi connectivity index (χ4n) is 3.68. The van der Waals surface area contributed by atoms with Crippen molar-refractivity contribution in [3.63, 3.8) is 0 Å². The topological polar surface area (TPSA) is 0 Å². The number of aryl methyl sites for hydroxylation is 1. The van der Waals surface area contributed by atoms with Gasteiger partial charge in [-0.25, -0.2) is 0 Å². The molecule has 1 saturated carbocycles. The van der Waals surface area contributed by atoms with Crippen molar-refractivity contribution in [3.8, 4) is 0 Å². The first-order chi connectivity index (χ1) is 9.63. The third kappa shape index (κ3) is 3.53. The lowest BCUT2D eigenvalue weighted by Gasteiger charge is -2.30. The first-order valence-corrected chi connectivity index (χ1v) is 8.31. The zero-order valence-corrected chi connectivity index (χ0v) is 13.7. The molecule has 0 saturated heterocycles. The van der Waals surface area contributed by atoms with Gasteiger partial charge in [0.2, 0.25) is 0 Å². The molecule has 0 amide bonds. The smallest absolute Gasteiger partial charge is 0.0159 e. The molecule has 0 radical (unpaired) electrons. The quantitative estimate of drug-likeness (QED) is 0.568. The lowest BCUT2D eigenvalue weighted by molar-refractivity contribution is 0.311. The molecule has 0 N–H and O–H groups in total. The van der Waals surface area contributed by atoms with Crippen molar-refractivity contribution in [1.29, 1.82) is 0 Å². The van der Waals surface area contributed by atoms with Crippen LogP contribution in [0.25, 0.3) is 0 Å². The molecule has 2 rings (SSSR count). The SMILES string of the molecule is C/C=C/CCC1CCC(c2ccc(C)c(C)c2C)CC1. The van der Waals surface area contributed by atoms with E-state index >= 15 is 0 Å². The summed E-state index contributed by atoms with van der Waals surface area (Å²) in [6.45, 7) is 8.94. The molecule has 0 atom stereocenters. The summed E-state index contributed by atoms with van der Waals surface area (Å²) in [7, 11) is 0. The Hall–Kier alpha value is -1.04. The van der Waals surface area contributed by atoms with Crippen molar-refractivity contribution < 1.29 is 0 Å². The minimum absolute atomic E-state index is 0.812. The lowest BCUT2D eigenvalue weighted by Crippen LogP contribution is -2.14. The van der Waals surface area contributed by atoms with Crippen LogP contribution in [0.4, 0.5) is 0 Å². The molecule has 0 nitrogen and oxygen atoms in total. The molecule has 0 heteroatoms. The van der Waals surface area contributed by atoms with Gasteiger partial charge >= 0.3 is 0 Å². The van der Waals surface area contributed by atoms with Gasteiger partial charge in [0.15, 0.2) is 0 Å². The van der Waals surface area contributed by atoms with Crippen LogP contribution in [0, 0.1) is 26.7 Å². The molecule has 0 heterocycles. The second kappa shape index (κ2) is 7.11. The van der Waals surface area contributed by atoms with Crippen LogP contribution in [0.15, 0.2) is 24.3 Å². The van der Waals surface area contributed by atoms with Gasteiger partial charge in [0.25, 0.3) is 0 Å². The van der Waals surface area contributed by atoms with Crippen LogP contribution in [0.5, 0.6) is 0 Å². The van der Waals surface area contributed by atoms with E-state index in [1.54, 1.807) is 11.1 Å². The van der Waals surface area contributed by atoms with E-state index in [1.165, 1.54) is 49.7 Å². The Morgan fingerprint density at radius 3 is 2.35 bits per heavy atom. The Labute approximate surface area is 125 Å². The third-order valence-electron chi connectivity index (χ3n) is 5.36. The highest BCUT2D eigenvalue weighted by atomic mass is 14.3. The molecule has 1 aromatic rings.